The van der Waals surface area contributed by atoms with Crippen molar-refractivity contribution in [1.29, 1.82) is 0 Å². The first-order valence-electron chi connectivity index (χ1n) is 6.52. The van der Waals surface area contributed by atoms with Crippen molar-refractivity contribution in [2.24, 2.45) is 0 Å². The van der Waals surface area contributed by atoms with Gasteiger partial charge in [0.05, 0.1) is 11.0 Å². The smallest absolute Gasteiger partial charge is 0.275 e. The first-order valence-corrected chi connectivity index (χ1v) is 6.90. The first kappa shape index (κ1) is 13.6. The molecule has 0 aliphatic rings. The van der Waals surface area contributed by atoms with E-state index in [1.54, 1.807) is 18.2 Å². The van der Waals surface area contributed by atoms with Gasteiger partial charge in [-0.1, -0.05) is 11.6 Å². The van der Waals surface area contributed by atoms with Crippen molar-refractivity contribution in [3.8, 4) is 11.3 Å². The molecule has 0 amide bonds. The predicted molar refractivity (Wildman–Crippen MR) is 86.7 cm³/mol. The molecule has 3 rings (SSSR count). The third-order valence-corrected chi connectivity index (χ3v) is 3.81. The molecule has 1 aromatic heterocycles. The fourth-order valence-electron chi connectivity index (χ4n) is 2.26. The number of nitrogens with two attached hydrogens (primary N) is 1. The summed E-state index contributed by atoms with van der Waals surface area (Å²) in [5.74, 6) is 0. The summed E-state index contributed by atoms with van der Waals surface area (Å²) in [6.07, 6.45) is 0. The number of nitrogens with one attached hydrogen (secondary N) is 1. The first-order chi connectivity index (χ1) is 9.95. The largest absolute Gasteiger partial charge is 0.398 e. The molecule has 0 saturated carbocycles. The Kier molecular flexibility index (Phi) is 3.18. The lowest BCUT2D eigenvalue weighted by atomic mass is 10.1. The van der Waals surface area contributed by atoms with E-state index in [9.17, 15) is 4.79 Å². The lowest BCUT2D eigenvalue weighted by molar-refractivity contribution is 1.21. The van der Waals surface area contributed by atoms with E-state index in [0.717, 1.165) is 16.6 Å². The Bertz CT molecular complexity index is 915. The lowest BCUT2D eigenvalue weighted by Gasteiger charge is -2.08. The van der Waals surface area contributed by atoms with E-state index in [4.69, 9.17) is 17.3 Å². The SMILES string of the molecule is Cc1cc2nc(-c3cc(Cl)ccc3N)c(=O)[nH]c2cc1C. The number of nitrogen functional groups attached to an aromatic ring is 1. The van der Waals surface area contributed by atoms with Gasteiger partial charge in [0.1, 0.15) is 5.69 Å². The van der Waals surface area contributed by atoms with Gasteiger partial charge in [-0.15, -0.1) is 0 Å². The molecule has 4 nitrogen and oxygen atoms in total. The van der Waals surface area contributed by atoms with Crippen LogP contribution in [0.3, 0.4) is 0 Å². The maximum Gasteiger partial charge on any atom is 0.275 e. The van der Waals surface area contributed by atoms with Gasteiger partial charge >= 0.3 is 0 Å². The molecule has 2 aromatic carbocycles. The number of hydrogen-bond donors (Lipinski definition) is 2. The number of anilines is 1. The number of rotatable bonds is 1. The summed E-state index contributed by atoms with van der Waals surface area (Å²) in [6, 6.07) is 8.88. The molecule has 0 bridgehead atoms. The van der Waals surface area contributed by atoms with E-state index in [0.29, 0.717) is 21.8 Å². The summed E-state index contributed by atoms with van der Waals surface area (Å²) in [5.41, 5.74) is 10.6. The van der Waals surface area contributed by atoms with E-state index in [1.165, 1.54) is 0 Å². The third-order valence-electron chi connectivity index (χ3n) is 3.58. The normalized spacial score (nSPS) is 11.0. The van der Waals surface area contributed by atoms with Gasteiger partial charge < -0.3 is 10.7 Å². The molecule has 21 heavy (non-hydrogen) atoms. The van der Waals surface area contributed by atoms with Gasteiger partial charge in [0.2, 0.25) is 0 Å². The highest BCUT2D eigenvalue weighted by atomic mass is 35.5. The zero-order valence-corrected chi connectivity index (χ0v) is 12.5. The summed E-state index contributed by atoms with van der Waals surface area (Å²) in [7, 11) is 0. The lowest BCUT2D eigenvalue weighted by Crippen LogP contribution is -2.12. The molecule has 0 saturated heterocycles. The van der Waals surface area contributed by atoms with Gasteiger partial charge in [-0.05, 0) is 55.3 Å². The summed E-state index contributed by atoms with van der Waals surface area (Å²) < 4.78 is 0. The van der Waals surface area contributed by atoms with E-state index in [2.05, 4.69) is 9.97 Å². The highest BCUT2D eigenvalue weighted by molar-refractivity contribution is 6.31. The molecule has 1 heterocycles. The summed E-state index contributed by atoms with van der Waals surface area (Å²) in [5, 5.41) is 0.514. The van der Waals surface area contributed by atoms with Crippen molar-refractivity contribution in [2.45, 2.75) is 13.8 Å². The number of fused-ring (bicyclic) bond motifs is 1. The Morgan fingerprint density at radius 1 is 1.14 bits per heavy atom. The zero-order chi connectivity index (χ0) is 15.1. The maximum absolute atomic E-state index is 12.3. The Morgan fingerprint density at radius 2 is 1.86 bits per heavy atom. The monoisotopic (exact) mass is 299 g/mol. The van der Waals surface area contributed by atoms with E-state index in [1.807, 2.05) is 26.0 Å². The van der Waals surface area contributed by atoms with Crippen LogP contribution < -0.4 is 11.3 Å². The van der Waals surface area contributed by atoms with E-state index >= 15 is 0 Å². The van der Waals surface area contributed by atoms with Crippen LogP contribution in [0, 0.1) is 13.8 Å². The van der Waals surface area contributed by atoms with Crippen LogP contribution in [0.15, 0.2) is 35.1 Å². The van der Waals surface area contributed by atoms with Crippen molar-refractivity contribution in [3.63, 3.8) is 0 Å². The number of nitrogens with zero attached hydrogens (tertiary/aromatic N) is 1. The summed E-state index contributed by atoms with van der Waals surface area (Å²) in [6.45, 7) is 4.00. The average Bonchev–Trinajstić information content (AvgIpc) is 2.43. The second kappa shape index (κ2) is 4.90. The number of aromatic amines is 1. The minimum absolute atomic E-state index is 0.278. The van der Waals surface area contributed by atoms with Gasteiger partial charge in [-0.2, -0.15) is 0 Å². The standard InChI is InChI=1S/C16H14ClN3O/c1-8-5-13-14(6-9(8)2)20-16(21)15(19-13)11-7-10(17)3-4-12(11)18/h3-7H,18H2,1-2H3,(H,20,21). The maximum atomic E-state index is 12.3. The minimum Gasteiger partial charge on any atom is -0.398 e. The molecule has 0 spiro atoms. The Morgan fingerprint density at radius 3 is 2.62 bits per heavy atom. The van der Waals surface area contributed by atoms with Crippen molar-refractivity contribution in [3.05, 3.63) is 56.8 Å². The van der Waals surface area contributed by atoms with Crippen LogP contribution >= 0.6 is 11.6 Å². The third kappa shape index (κ3) is 2.38. The summed E-state index contributed by atoms with van der Waals surface area (Å²) >= 11 is 5.99. The van der Waals surface area contributed by atoms with Gasteiger partial charge in [0.25, 0.3) is 5.56 Å². The number of halogens is 1. The number of aromatic nitrogens is 2. The molecule has 0 aliphatic carbocycles. The van der Waals surface area contributed by atoms with Crippen LogP contribution in [0.5, 0.6) is 0 Å². The van der Waals surface area contributed by atoms with Gasteiger partial charge in [0, 0.05) is 16.3 Å². The highest BCUT2D eigenvalue weighted by Crippen LogP contribution is 2.26. The average molecular weight is 300 g/mol. The molecule has 106 valence electrons. The van der Waals surface area contributed by atoms with Crippen molar-refractivity contribution in [2.75, 3.05) is 5.73 Å². The van der Waals surface area contributed by atoms with Crippen LogP contribution in [-0.2, 0) is 0 Å². The van der Waals surface area contributed by atoms with Crippen LogP contribution in [-0.4, -0.2) is 9.97 Å². The quantitative estimate of drug-likeness (QED) is 0.676. The molecule has 0 fully saturated rings. The highest BCUT2D eigenvalue weighted by Gasteiger charge is 2.12. The van der Waals surface area contributed by atoms with Crippen LogP contribution in [0.25, 0.3) is 22.3 Å². The molecular formula is C16H14ClN3O. The number of hydrogen-bond acceptors (Lipinski definition) is 3. The topological polar surface area (TPSA) is 71.8 Å². The Labute approximate surface area is 126 Å². The molecular weight excluding hydrogens is 286 g/mol. The molecule has 0 unspecified atom stereocenters. The van der Waals surface area contributed by atoms with Crippen molar-refractivity contribution < 1.29 is 0 Å². The van der Waals surface area contributed by atoms with Crippen LogP contribution in [0.2, 0.25) is 5.02 Å². The molecule has 0 atom stereocenters. The van der Waals surface area contributed by atoms with Gasteiger partial charge in [0.15, 0.2) is 0 Å². The number of H-pyrrole nitrogens is 1. The van der Waals surface area contributed by atoms with Crippen molar-refractivity contribution in [1.82, 2.24) is 9.97 Å². The number of benzene rings is 2. The van der Waals surface area contributed by atoms with Gasteiger partial charge in [-0.3, -0.25) is 4.79 Å². The van der Waals surface area contributed by atoms with Gasteiger partial charge in [-0.25, -0.2) is 4.98 Å². The number of aryl methyl sites for hydroxylation is 2. The predicted octanol–water partition coefficient (Wildman–Crippen LogP) is 3.44. The van der Waals surface area contributed by atoms with E-state index < -0.39 is 0 Å². The zero-order valence-electron chi connectivity index (χ0n) is 11.7. The molecule has 5 heteroatoms. The minimum atomic E-state index is -0.278. The molecule has 3 N–H and O–H groups in total. The second-order valence-electron chi connectivity index (χ2n) is 5.10. The molecule has 0 aliphatic heterocycles. The fraction of sp³-hybridized carbons (Fsp3) is 0.125. The fourth-order valence-corrected chi connectivity index (χ4v) is 2.43. The molecule has 3 aromatic rings. The Hall–Kier alpha value is -2.33. The molecule has 0 radical (unpaired) electrons. The Balaban J connectivity index is 2.33. The van der Waals surface area contributed by atoms with Crippen LogP contribution in [0.4, 0.5) is 5.69 Å². The second-order valence-corrected chi connectivity index (χ2v) is 5.54. The van der Waals surface area contributed by atoms with E-state index in [-0.39, 0.29) is 11.3 Å². The van der Waals surface area contributed by atoms with Crippen LogP contribution in [0.1, 0.15) is 11.1 Å². The summed E-state index contributed by atoms with van der Waals surface area (Å²) in [4.78, 5) is 19.6. The van der Waals surface area contributed by atoms with Crippen molar-refractivity contribution >= 4 is 28.3 Å².